The van der Waals surface area contributed by atoms with E-state index in [0.29, 0.717) is 5.82 Å². The van der Waals surface area contributed by atoms with Crippen LogP contribution in [0.5, 0.6) is 0 Å². The van der Waals surface area contributed by atoms with E-state index in [1.54, 1.807) is 24.4 Å². The Hall–Kier alpha value is -2.22. The first-order valence-electron chi connectivity index (χ1n) is 3.87. The van der Waals surface area contributed by atoms with Gasteiger partial charge in [-0.2, -0.15) is 0 Å². The fourth-order valence-electron chi connectivity index (χ4n) is 0.672. The van der Waals surface area contributed by atoms with Gasteiger partial charge in [-0.25, -0.2) is 9.78 Å². The molecule has 5 nitrogen and oxygen atoms in total. The topological polar surface area (TPSA) is 66.7 Å². The molecule has 0 unspecified atom stereocenters. The second-order valence-corrected chi connectivity index (χ2v) is 2.25. The van der Waals surface area contributed by atoms with Gasteiger partial charge in [0.2, 0.25) is 0 Å². The lowest BCUT2D eigenvalue weighted by Gasteiger charge is -1.92. The molecule has 0 radical (unpaired) electrons. The standard InChI is InChI=1S/C9H8N4O/c1-2-6-11-9(14)13-12-8-5-3-4-7-10-8/h1,3-5,7H,6H2,(H,11,14)/b13-12+. The Kier molecular flexibility index (Phi) is 3.83. The van der Waals surface area contributed by atoms with Crippen molar-refractivity contribution in [1.29, 1.82) is 0 Å². The largest absolute Gasteiger partial charge is 0.360 e. The van der Waals surface area contributed by atoms with Crippen molar-refractivity contribution in [3.8, 4) is 12.3 Å². The molecule has 14 heavy (non-hydrogen) atoms. The molecule has 5 heteroatoms. The third-order valence-corrected chi connectivity index (χ3v) is 1.23. The third-order valence-electron chi connectivity index (χ3n) is 1.23. The average molecular weight is 188 g/mol. The van der Waals surface area contributed by atoms with Gasteiger partial charge >= 0.3 is 6.03 Å². The fraction of sp³-hybridized carbons (Fsp3) is 0.111. The van der Waals surface area contributed by atoms with Crippen molar-refractivity contribution in [2.45, 2.75) is 0 Å². The first kappa shape index (κ1) is 9.86. The van der Waals surface area contributed by atoms with E-state index in [0.717, 1.165) is 0 Å². The highest BCUT2D eigenvalue weighted by atomic mass is 16.2. The highest BCUT2D eigenvalue weighted by molar-refractivity contribution is 5.74. The number of carbonyl (C=O) groups is 1. The number of pyridine rings is 1. The molecule has 0 bridgehead atoms. The summed E-state index contributed by atoms with van der Waals surface area (Å²) in [6, 6.07) is 4.56. The number of hydrogen-bond acceptors (Lipinski definition) is 3. The van der Waals surface area contributed by atoms with Gasteiger partial charge in [0.05, 0.1) is 6.54 Å². The van der Waals surface area contributed by atoms with Crippen molar-refractivity contribution in [2.75, 3.05) is 6.54 Å². The van der Waals surface area contributed by atoms with Crippen LogP contribution in [0.4, 0.5) is 10.6 Å². The summed E-state index contributed by atoms with van der Waals surface area (Å²) in [5, 5.41) is 9.28. The molecule has 0 saturated heterocycles. The van der Waals surface area contributed by atoms with Crippen LogP contribution in [-0.2, 0) is 0 Å². The molecule has 70 valence electrons. The molecule has 1 aromatic rings. The van der Waals surface area contributed by atoms with E-state index in [2.05, 4.69) is 26.4 Å². The molecule has 0 aliphatic rings. The lowest BCUT2D eigenvalue weighted by atomic mass is 10.5. The van der Waals surface area contributed by atoms with Gasteiger partial charge in [-0.1, -0.05) is 17.1 Å². The number of nitrogens with zero attached hydrogens (tertiary/aromatic N) is 3. The summed E-state index contributed by atoms with van der Waals surface area (Å²) >= 11 is 0. The summed E-state index contributed by atoms with van der Waals surface area (Å²) in [6.45, 7) is 0.139. The number of rotatable bonds is 2. The molecule has 0 aliphatic carbocycles. The molecule has 1 rings (SSSR count). The molecule has 1 aromatic heterocycles. The maximum Gasteiger partial charge on any atom is 0.360 e. The van der Waals surface area contributed by atoms with Crippen LogP contribution in [0.15, 0.2) is 34.6 Å². The molecule has 0 spiro atoms. The van der Waals surface area contributed by atoms with Crippen LogP contribution in [0.1, 0.15) is 0 Å². The van der Waals surface area contributed by atoms with E-state index >= 15 is 0 Å². The number of nitrogens with one attached hydrogen (secondary N) is 1. The van der Waals surface area contributed by atoms with Crippen LogP contribution >= 0.6 is 0 Å². The minimum absolute atomic E-state index is 0.139. The quantitative estimate of drug-likeness (QED) is 0.564. The van der Waals surface area contributed by atoms with E-state index in [4.69, 9.17) is 6.42 Å². The van der Waals surface area contributed by atoms with Crippen LogP contribution in [-0.4, -0.2) is 17.6 Å². The van der Waals surface area contributed by atoms with Gasteiger partial charge in [0.1, 0.15) is 0 Å². The van der Waals surface area contributed by atoms with E-state index in [1.807, 2.05) is 0 Å². The molecular weight excluding hydrogens is 180 g/mol. The van der Waals surface area contributed by atoms with Gasteiger partial charge in [0.25, 0.3) is 0 Å². The number of amides is 2. The van der Waals surface area contributed by atoms with Gasteiger partial charge < -0.3 is 5.32 Å². The van der Waals surface area contributed by atoms with Crippen LogP contribution in [0, 0.1) is 12.3 Å². The molecule has 2 amide bonds. The molecule has 0 aliphatic heterocycles. The maximum absolute atomic E-state index is 10.9. The zero-order valence-electron chi connectivity index (χ0n) is 7.34. The van der Waals surface area contributed by atoms with Gasteiger partial charge in [0.15, 0.2) is 5.82 Å². The third kappa shape index (κ3) is 3.45. The number of terminal acetylenes is 1. The predicted octanol–water partition coefficient (Wildman–Crippen LogP) is 1.51. The first-order chi connectivity index (χ1) is 6.83. The fourth-order valence-corrected chi connectivity index (χ4v) is 0.672. The number of aromatic nitrogens is 1. The molecule has 0 atom stereocenters. The van der Waals surface area contributed by atoms with Crippen LogP contribution < -0.4 is 5.32 Å². The second kappa shape index (κ2) is 5.43. The van der Waals surface area contributed by atoms with E-state index in [9.17, 15) is 4.79 Å². The minimum atomic E-state index is -0.575. The predicted molar refractivity (Wildman–Crippen MR) is 51.0 cm³/mol. The summed E-state index contributed by atoms with van der Waals surface area (Å²) in [5.41, 5.74) is 0. The monoisotopic (exact) mass is 188 g/mol. The summed E-state index contributed by atoms with van der Waals surface area (Å²) in [5.74, 6) is 2.63. The van der Waals surface area contributed by atoms with E-state index < -0.39 is 6.03 Å². The van der Waals surface area contributed by atoms with Crippen LogP contribution in [0.3, 0.4) is 0 Å². The van der Waals surface area contributed by atoms with Crippen molar-refractivity contribution >= 4 is 11.8 Å². The molecule has 0 fully saturated rings. The first-order valence-corrected chi connectivity index (χ1v) is 3.87. The average Bonchev–Trinajstić information content (AvgIpc) is 2.25. The zero-order chi connectivity index (χ0) is 10.2. The Morgan fingerprint density at radius 3 is 3.14 bits per heavy atom. The Morgan fingerprint density at radius 1 is 1.64 bits per heavy atom. The second-order valence-electron chi connectivity index (χ2n) is 2.25. The van der Waals surface area contributed by atoms with Crippen molar-refractivity contribution in [1.82, 2.24) is 10.3 Å². The van der Waals surface area contributed by atoms with Crippen LogP contribution in [0.2, 0.25) is 0 Å². The molecule has 0 saturated carbocycles. The lowest BCUT2D eigenvalue weighted by Crippen LogP contribution is -2.18. The summed E-state index contributed by atoms with van der Waals surface area (Å²) in [4.78, 5) is 14.7. The lowest BCUT2D eigenvalue weighted by molar-refractivity contribution is 0.249. The Balaban J connectivity index is 2.49. The van der Waals surface area contributed by atoms with Crippen molar-refractivity contribution in [2.24, 2.45) is 10.2 Å². The highest BCUT2D eigenvalue weighted by Crippen LogP contribution is 2.04. The van der Waals surface area contributed by atoms with Gasteiger partial charge in [0, 0.05) is 6.20 Å². The number of azo groups is 1. The number of hydrogen-bond donors (Lipinski definition) is 1. The summed E-state index contributed by atoms with van der Waals surface area (Å²) in [6.07, 6.45) is 6.50. The number of urea groups is 1. The molecule has 0 aromatic carbocycles. The highest BCUT2D eigenvalue weighted by Gasteiger charge is 1.94. The molecular formula is C9H8N4O. The van der Waals surface area contributed by atoms with Crippen molar-refractivity contribution in [3.05, 3.63) is 24.4 Å². The van der Waals surface area contributed by atoms with Crippen molar-refractivity contribution < 1.29 is 4.79 Å². The smallest absolute Gasteiger partial charge is 0.324 e. The minimum Gasteiger partial charge on any atom is -0.324 e. The normalized spacial score (nSPS) is 9.64. The summed E-state index contributed by atoms with van der Waals surface area (Å²) < 4.78 is 0. The van der Waals surface area contributed by atoms with Crippen LogP contribution in [0.25, 0.3) is 0 Å². The zero-order valence-corrected chi connectivity index (χ0v) is 7.34. The van der Waals surface area contributed by atoms with E-state index in [1.165, 1.54) is 0 Å². The Morgan fingerprint density at radius 2 is 2.50 bits per heavy atom. The Bertz CT molecular complexity index is 366. The number of carbonyl (C=O) groups excluding carboxylic acids is 1. The van der Waals surface area contributed by atoms with Gasteiger partial charge in [-0.15, -0.1) is 11.5 Å². The Labute approximate surface area is 81.3 Å². The SMILES string of the molecule is C#CCNC(=O)/N=N/c1ccccn1. The molecule has 1 N–H and O–H groups in total. The van der Waals surface area contributed by atoms with Crippen molar-refractivity contribution in [3.63, 3.8) is 0 Å². The molecule has 1 heterocycles. The van der Waals surface area contributed by atoms with E-state index in [-0.39, 0.29) is 6.54 Å². The maximum atomic E-state index is 10.9. The van der Waals surface area contributed by atoms with Gasteiger partial charge in [-0.05, 0) is 12.1 Å². The van der Waals surface area contributed by atoms with Gasteiger partial charge in [-0.3, -0.25) is 0 Å². The summed E-state index contributed by atoms with van der Waals surface area (Å²) in [7, 11) is 0.